The van der Waals surface area contributed by atoms with Crippen LogP contribution in [-0.4, -0.2) is 25.6 Å². The zero-order valence-electron chi connectivity index (χ0n) is 12.9. The summed E-state index contributed by atoms with van der Waals surface area (Å²) in [4.78, 5) is 11.9. The maximum atomic E-state index is 11.9. The summed E-state index contributed by atoms with van der Waals surface area (Å²) in [6.45, 7) is 1.04. The smallest absolute Gasteiger partial charge is 0.234 e. The van der Waals surface area contributed by atoms with Gasteiger partial charge in [0.25, 0.3) is 0 Å². The van der Waals surface area contributed by atoms with E-state index in [-0.39, 0.29) is 5.91 Å². The molecule has 0 radical (unpaired) electrons. The van der Waals surface area contributed by atoms with Crippen LogP contribution in [0, 0.1) is 0 Å². The molecular formula is C17H26N2O2. The Morgan fingerprint density at radius 3 is 2.71 bits per heavy atom. The van der Waals surface area contributed by atoms with Crippen LogP contribution in [0.1, 0.15) is 44.1 Å². The van der Waals surface area contributed by atoms with Crippen LogP contribution in [0.2, 0.25) is 0 Å². The summed E-state index contributed by atoms with van der Waals surface area (Å²) in [5.41, 5.74) is 1.12. The molecule has 4 nitrogen and oxygen atoms in total. The van der Waals surface area contributed by atoms with Gasteiger partial charge in [0, 0.05) is 12.6 Å². The van der Waals surface area contributed by atoms with Crippen LogP contribution in [0.25, 0.3) is 0 Å². The standard InChI is InChI=1S/C17H26N2O2/c1-21-16-10-6-7-14(11-16)12-18-13-17(20)19-15-8-4-2-3-5-9-15/h6-7,10-11,15,18H,2-5,8-9,12-13H2,1H3,(H,19,20). The average Bonchev–Trinajstić information content (AvgIpc) is 2.76. The Labute approximate surface area is 127 Å². The number of nitrogens with one attached hydrogen (secondary N) is 2. The van der Waals surface area contributed by atoms with Gasteiger partial charge in [0.15, 0.2) is 0 Å². The predicted octanol–water partition coefficient (Wildman–Crippen LogP) is 2.62. The Morgan fingerprint density at radius 2 is 2.00 bits per heavy atom. The van der Waals surface area contributed by atoms with Crippen LogP contribution in [0.15, 0.2) is 24.3 Å². The molecule has 4 heteroatoms. The number of amides is 1. The highest BCUT2D eigenvalue weighted by Gasteiger charge is 2.14. The fourth-order valence-electron chi connectivity index (χ4n) is 2.81. The quantitative estimate of drug-likeness (QED) is 0.792. The summed E-state index contributed by atoms with van der Waals surface area (Å²) in [6, 6.07) is 8.26. The van der Waals surface area contributed by atoms with Gasteiger partial charge in [-0.2, -0.15) is 0 Å². The lowest BCUT2D eigenvalue weighted by molar-refractivity contribution is -0.121. The van der Waals surface area contributed by atoms with Gasteiger partial charge in [-0.05, 0) is 30.5 Å². The summed E-state index contributed by atoms with van der Waals surface area (Å²) in [7, 11) is 1.66. The van der Waals surface area contributed by atoms with E-state index in [9.17, 15) is 4.79 Å². The molecular weight excluding hydrogens is 264 g/mol. The Hall–Kier alpha value is -1.55. The Balaban J connectivity index is 1.68. The fourth-order valence-corrected chi connectivity index (χ4v) is 2.81. The molecule has 1 aromatic rings. The van der Waals surface area contributed by atoms with Crippen molar-refractivity contribution < 1.29 is 9.53 Å². The van der Waals surface area contributed by atoms with E-state index in [0.29, 0.717) is 19.1 Å². The lowest BCUT2D eigenvalue weighted by atomic mass is 10.1. The first-order chi connectivity index (χ1) is 10.3. The van der Waals surface area contributed by atoms with Crippen molar-refractivity contribution in [1.29, 1.82) is 0 Å². The minimum absolute atomic E-state index is 0.102. The van der Waals surface area contributed by atoms with E-state index >= 15 is 0 Å². The Morgan fingerprint density at radius 1 is 1.24 bits per heavy atom. The fraction of sp³-hybridized carbons (Fsp3) is 0.588. The largest absolute Gasteiger partial charge is 0.497 e. The maximum absolute atomic E-state index is 11.9. The minimum Gasteiger partial charge on any atom is -0.497 e. The third kappa shape index (κ3) is 5.76. The molecule has 116 valence electrons. The number of rotatable bonds is 6. The van der Waals surface area contributed by atoms with Gasteiger partial charge < -0.3 is 15.4 Å². The highest BCUT2D eigenvalue weighted by molar-refractivity contribution is 5.78. The molecule has 1 aromatic carbocycles. The van der Waals surface area contributed by atoms with Crippen LogP contribution in [0.4, 0.5) is 0 Å². The molecule has 0 bridgehead atoms. The third-order valence-electron chi connectivity index (χ3n) is 3.97. The number of carbonyl (C=O) groups is 1. The zero-order valence-corrected chi connectivity index (χ0v) is 12.9. The van der Waals surface area contributed by atoms with Crippen LogP contribution >= 0.6 is 0 Å². The first-order valence-electron chi connectivity index (χ1n) is 7.91. The lowest BCUT2D eigenvalue weighted by Crippen LogP contribution is -2.40. The van der Waals surface area contributed by atoms with E-state index < -0.39 is 0 Å². The van der Waals surface area contributed by atoms with Gasteiger partial charge in [0.1, 0.15) is 5.75 Å². The van der Waals surface area contributed by atoms with Crippen LogP contribution in [0.5, 0.6) is 5.75 Å². The van der Waals surface area contributed by atoms with Crippen molar-refractivity contribution in [1.82, 2.24) is 10.6 Å². The molecule has 1 saturated carbocycles. The average molecular weight is 290 g/mol. The van der Waals surface area contributed by atoms with Crippen LogP contribution in [0.3, 0.4) is 0 Å². The van der Waals surface area contributed by atoms with Gasteiger partial charge in [0.2, 0.25) is 5.91 Å². The van der Waals surface area contributed by atoms with Gasteiger partial charge in [-0.3, -0.25) is 4.79 Å². The second kappa shape index (κ2) is 8.67. The molecule has 0 spiro atoms. The van der Waals surface area contributed by atoms with E-state index in [0.717, 1.165) is 24.2 Å². The highest BCUT2D eigenvalue weighted by Crippen LogP contribution is 2.17. The van der Waals surface area contributed by atoms with Gasteiger partial charge in [-0.15, -0.1) is 0 Å². The van der Waals surface area contributed by atoms with Crippen LogP contribution in [-0.2, 0) is 11.3 Å². The molecule has 0 atom stereocenters. The molecule has 2 rings (SSSR count). The maximum Gasteiger partial charge on any atom is 0.234 e. The summed E-state index contributed by atoms with van der Waals surface area (Å²) in [6.07, 6.45) is 7.34. The topological polar surface area (TPSA) is 50.4 Å². The molecule has 0 aliphatic heterocycles. The van der Waals surface area contributed by atoms with Gasteiger partial charge in [0.05, 0.1) is 13.7 Å². The first-order valence-corrected chi connectivity index (χ1v) is 7.91. The van der Waals surface area contributed by atoms with Crippen molar-refractivity contribution in [2.24, 2.45) is 0 Å². The summed E-state index contributed by atoms with van der Waals surface area (Å²) >= 11 is 0. The second-order valence-corrected chi connectivity index (χ2v) is 5.71. The van der Waals surface area contributed by atoms with Crippen molar-refractivity contribution in [3.05, 3.63) is 29.8 Å². The zero-order chi connectivity index (χ0) is 14.9. The highest BCUT2D eigenvalue weighted by atomic mass is 16.5. The normalized spacial score (nSPS) is 16.2. The number of methoxy groups -OCH3 is 1. The predicted molar refractivity (Wildman–Crippen MR) is 84.3 cm³/mol. The van der Waals surface area contributed by atoms with E-state index in [4.69, 9.17) is 4.74 Å². The van der Waals surface area contributed by atoms with Crippen molar-refractivity contribution >= 4 is 5.91 Å². The lowest BCUT2D eigenvalue weighted by Gasteiger charge is -2.16. The van der Waals surface area contributed by atoms with Gasteiger partial charge in [-0.1, -0.05) is 37.8 Å². The molecule has 1 aliphatic carbocycles. The van der Waals surface area contributed by atoms with Crippen molar-refractivity contribution in [2.75, 3.05) is 13.7 Å². The number of hydrogen-bond acceptors (Lipinski definition) is 3. The Kier molecular flexibility index (Phi) is 6.54. The van der Waals surface area contributed by atoms with Crippen LogP contribution < -0.4 is 15.4 Å². The molecule has 0 unspecified atom stereocenters. The molecule has 1 amide bonds. The van der Waals surface area contributed by atoms with Crippen molar-refractivity contribution in [3.63, 3.8) is 0 Å². The van der Waals surface area contributed by atoms with Gasteiger partial charge in [-0.25, -0.2) is 0 Å². The van der Waals surface area contributed by atoms with Crippen molar-refractivity contribution in [3.8, 4) is 5.75 Å². The molecule has 0 saturated heterocycles. The molecule has 0 heterocycles. The van der Waals surface area contributed by atoms with E-state index in [1.54, 1.807) is 7.11 Å². The SMILES string of the molecule is COc1cccc(CNCC(=O)NC2CCCCCC2)c1. The van der Waals surface area contributed by atoms with Crippen molar-refractivity contribution in [2.45, 2.75) is 51.1 Å². The molecule has 2 N–H and O–H groups in total. The third-order valence-corrected chi connectivity index (χ3v) is 3.97. The van der Waals surface area contributed by atoms with E-state index in [1.807, 2.05) is 24.3 Å². The molecule has 1 aliphatic rings. The number of ether oxygens (including phenoxy) is 1. The van der Waals surface area contributed by atoms with E-state index in [2.05, 4.69) is 10.6 Å². The number of hydrogen-bond donors (Lipinski definition) is 2. The second-order valence-electron chi connectivity index (χ2n) is 5.71. The molecule has 21 heavy (non-hydrogen) atoms. The minimum atomic E-state index is 0.102. The molecule has 1 fully saturated rings. The Bertz CT molecular complexity index is 440. The summed E-state index contributed by atoms with van der Waals surface area (Å²) in [5, 5.41) is 6.33. The van der Waals surface area contributed by atoms with Gasteiger partial charge >= 0.3 is 0 Å². The summed E-state index contributed by atoms with van der Waals surface area (Å²) in [5.74, 6) is 0.946. The summed E-state index contributed by atoms with van der Waals surface area (Å²) < 4.78 is 5.19. The first kappa shape index (κ1) is 15.8. The number of carbonyl (C=O) groups excluding carboxylic acids is 1. The van der Waals surface area contributed by atoms with E-state index in [1.165, 1.54) is 25.7 Å². The number of benzene rings is 1. The molecule has 0 aromatic heterocycles. The monoisotopic (exact) mass is 290 g/mol.